The molecule has 6 rings (SSSR count). The second-order valence-electron chi connectivity index (χ2n) is 9.79. The summed E-state index contributed by atoms with van der Waals surface area (Å²) in [6, 6.07) is 13.4. The van der Waals surface area contributed by atoms with E-state index < -0.39 is 6.04 Å². The summed E-state index contributed by atoms with van der Waals surface area (Å²) >= 11 is 1.44. The molecule has 0 radical (unpaired) electrons. The summed E-state index contributed by atoms with van der Waals surface area (Å²) in [5.74, 6) is -0.508. The molecule has 36 heavy (non-hydrogen) atoms. The van der Waals surface area contributed by atoms with Crippen LogP contribution in [0, 0.1) is 5.92 Å². The fourth-order valence-electron chi connectivity index (χ4n) is 5.79. The van der Waals surface area contributed by atoms with Gasteiger partial charge in [0.15, 0.2) is 0 Å². The average molecular weight is 501 g/mol. The Balaban J connectivity index is 1.23. The lowest BCUT2D eigenvalue weighted by Gasteiger charge is -2.38. The van der Waals surface area contributed by atoms with Crippen LogP contribution in [-0.2, 0) is 17.8 Å². The van der Waals surface area contributed by atoms with Crippen molar-refractivity contribution < 1.29 is 14.4 Å². The standard InChI is InChI=1S/C28H28N4O3S/c1-18(25-29-12-15-36-25)32-27(34)22-9-4-10-23(24(22)28(32)35)30-13-5-8-21(17-30)26(33)31-14-11-19-6-2-3-7-20(19)16-31/h2-4,6-7,9-10,12,15,18,21H,5,8,11,13-14,16-17H2,1H3/t18-,21-/m0/s1. The lowest BCUT2D eigenvalue weighted by atomic mass is 9.93. The highest BCUT2D eigenvalue weighted by Crippen LogP contribution is 2.38. The molecule has 1 fully saturated rings. The average Bonchev–Trinajstić information content (AvgIpc) is 3.55. The van der Waals surface area contributed by atoms with Crippen LogP contribution < -0.4 is 4.90 Å². The fraction of sp³-hybridized carbons (Fsp3) is 0.357. The SMILES string of the molecule is C[C@@H](c1nccs1)N1C(=O)c2cccc(N3CCC[C@H](C(=O)N4CCc5ccccc5C4)C3)c2C1=O. The number of imide groups is 1. The highest BCUT2D eigenvalue weighted by Gasteiger charge is 2.42. The van der Waals surface area contributed by atoms with Crippen LogP contribution in [0.5, 0.6) is 0 Å². The van der Waals surface area contributed by atoms with E-state index in [0.29, 0.717) is 24.2 Å². The molecular formula is C28H28N4O3S. The molecule has 0 unspecified atom stereocenters. The minimum Gasteiger partial charge on any atom is -0.370 e. The Labute approximate surface area is 214 Å². The Hall–Kier alpha value is -3.52. The van der Waals surface area contributed by atoms with Gasteiger partial charge in [0.1, 0.15) is 5.01 Å². The van der Waals surface area contributed by atoms with Crippen LogP contribution in [0.2, 0.25) is 0 Å². The quantitative estimate of drug-likeness (QED) is 0.500. The number of amides is 3. The predicted octanol–water partition coefficient (Wildman–Crippen LogP) is 4.30. The van der Waals surface area contributed by atoms with E-state index in [1.54, 1.807) is 12.3 Å². The maximum Gasteiger partial charge on any atom is 0.264 e. The number of carbonyl (C=O) groups is 3. The molecule has 0 aliphatic carbocycles. The molecular weight excluding hydrogens is 472 g/mol. The first kappa shape index (κ1) is 22.9. The van der Waals surface area contributed by atoms with Crippen molar-refractivity contribution >= 4 is 34.7 Å². The number of carbonyl (C=O) groups excluding carboxylic acids is 3. The summed E-state index contributed by atoms with van der Waals surface area (Å²) in [6.45, 7) is 4.54. The van der Waals surface area contributed by atoms with Crippen molar-refractivity contribution in [3.8, 4) is 0 Å². The lowest BCUT2D eigenvalue weighted by molar-refractivity contribution is -0.136. The minimum atomic E-state index is -0.428. The molecule has 4 heterocycles. The van der Waals surface area contributed by atoms with E-state index in [-0.39, 0.29) is 23.6 Å². The number of hydrogen-bond donors (Lipinski definition) is 0. The normalized spacial score (nSPS) is 20.4. The van der Waals surface area contributed by atoms with Crippen LogP contribution in [0.4, 0.5) is 5.69 Å². The van der Waals surface area contributed by atoms with Crippen LogP contribution in [0.1, 0.15) is 62.7 Å². The van der Waals surface area contributed by atoms with Crippen LogP contribution >= 0.6 is 11.3 Å². The van der Waals surface area contributed by atoms with Gasteiger partial charge in [-0.05, 0) is 49.4 Å². The molecule has 7 nitrogen and oxygen atoms in total. The van der Waals surface area contributed by atoms with E-state index in [1.807, 2.05) is 35.4 Å². The third-order valence-electron chi connectivity index (χ3n) is 7.67. The van der Waals surface area contributed by atoms with Gasteiger partial charge < -0.3 is 9.80 Å². The van der Waals surface area contributed by atoms with Crippen LogP contribution in [-0.4, -0.2) is 52.1 Å². The second-order valence-corrected chi connectivity index (χ2v) is 10.7. The molecule has 0 N–H and O–H groups in total. The number of benzene rings is 2. The topological polar surface area (TPSA) is 73.8 Å². The van der Waals surface area contributed by atoms with Crippen LogP contribution in [0.15, 0.2) is 54.0 Å². The zero-order valence-corrected chi connectivity index (χ0v) is 21.0. The molecule has 3 aliphatic rings. The van der Waals surface area contributed by atoms with Gasteiger partial charge in [0.05, 0.1) is 28.8 Å². The van der Waals surface area contributed by atoms with Gasteiger partial charge in [0.25, 0.3) is 11.8 Å². The number of anilines is 1. The van der Waals surface area contributed by atoms with E-state index >= 15 is 0 Å². The molecule has 0 saturated carbocycles. The number of aromatic nitrogens is 1. The Morgan fingerprint density at radius 3 is 2.69 bits per heavy atom. The molecule has 3 amide bonds. The van der Waals surface area contributed by atoms with Gasteiger partial charge in [-0.3, -0.25) is 19.3 Å². The first-order chi connectivity index (χ1) is 17.5. The third-order valence-corrected chi connectivity index (χ3v) is 8.62. The Morgan fingerprint density at radius 2 is 1.89 bits per heavy atom. The van der Waals surface area contributed by atoms with Crippen molar-refractivity contribution in [3.05, 3.63) is 81.3 Å². The molecule has 0 spiro atoms. The predicted molar refractivity (Wildman–Crippen MR) is 138 cm³/mol. The summed E-state index contributed by atoms with van der Waals surface area (Å²) in [6.07, 6.45) is 4.27. The summed E-state index contributed by atoms with van der Waals surface area (Å²) in [7, 11) is 0. The largest absolute Gasteiger partial charge is 0.370 e. The highest BCUT2D eigenvalue weighted by molar-refractivity contribution is 7.09. The van der Waals surface area contributed by atoms with Gasteiger partial charge in [-0.2, -0.15) is 0 Å². The third kappa shape index (κ3) is 3.80. The smallest absolute Gasteiger partial charge is 0.264 e. The number of piperidine rings is 1. The molecule has 2 atom stereocenters. The number of fused-ring (bicyclic) bond motifs is 2. The number of hydrogen-bond acceptors (Lipinski definition) is 6. The molecule has 8 heteroatoms. The zero-order valence-electron chi connectivity index (χ0n) is 20.2. The molecule has 3 aromatic rings. The van der Waals surface area contributed by atoms with Gasteiger partial charge in [0, 0.05) is 37.8 Å². The second kappa shape index (κ2) is 9.17. The van der Waals surface area contributed by atoms with Crippen LogP contribution in [0.25, 0.3) is 0 Å². The lowest BCUT2D eigenvalue weighted by Crippen LogP contribution is -2.46. The number of thiazole rings is 1. The van der Waals surface area contributed by atoms with Crippen molar-refractivity contribution in [2.24, 2.45) is 5.92 Å². The van der Waals surface area contributed by atoms with Gasteiger partial charge in [-0.15, -0.1) is 11.3 Å². The zero-order chi connectivity index (χ0) is 24.8. The van der Waals surface area contributed by atoms with E-state index in [2.05, 4.69) is 28.1 Å². The fourth-order valence-corrected chi connectivity index (χ4v) is 6.48. The minimum absolute atomic E-state index is 0.127. The summed E-state index contributed by atoms with van der Waals surface area (Å²) in [5.41, 5.74) is 4.18. The molecule has 0 bridgehead atoms. The van der Waals surface area contributed by atoms with Crippen molar-refractivity contribution in [3.63, 3.8) is 0 Å². The molecule has 3 aliphatic heterocycles. The summed E-state index contributed by atoms with van der Waals surface area (Å²) < 4.78 is 0. The van der Waals surface area contributed by atoms with E-state index in [9.17, 15) is 14.4 Å². The van der Waals surface area contributed by atoms with Crippen molar-refractivity contribution in [2.75, 3.05) is 24.5 Å². The summed E-state index contributed by atoms with van der Waals surface area (Å²) in [5, 5.41) is 2.58. The van der Waals surface area contributed by atoms with Crippen molar-refractivity contribution in [1.82, 2.24) is 14.8 Å². The van der Waals surface area contributed by atoms with Gasteiger partial charge in [-0.25, -0.2) is 4.98 Å². The molecule has 184 valence electrons. The number of rotatable bonds is 4. The van der Waals surface area contributed by atoms with Gasteiger partial charge >= 0.3 is 0 Å². The van der Waals surface area contributed by atoms with Crippen LogP contribution in [0.3, 0.4) is 0 Å². The maximum absolute atomic E-state index is 13.6. The van der Waals surface area contributed by atoms with E-state index in [4.69, 9.17) is 0 Å². The number of nitrogens with zero attached hydrogens (tertiary/aromatic N) is 4. The molecule has 1 saturated heterocycles. The first-order valence-electron chi connectivity index (χ1n) is 12.5. The Kier molecular flexibility index (Phi) is 5.84. The Bertz CT molecular complexity index is 1340. The van der Waals surface area contributed by atoms with E-state index in [0.717, 1.165) is 43.0 Å². The Morgan fingerprint density at radius 1 is 1.06 bits per heavy atom. The highest BCUT2D eigenvalue weighted by atomic mass is 32.1. The van der Waals surface area contributed by atoms with Crippen molar-refractivity contribution in [1.29, 1.82) is 0 Å². The summed E-state index contributed by atoms with van der Waals surface area (Å²) in [4.78, 5) is 50.1. The monoisotopic (exact) mass is 500 g/mol. The maximum atomic E-state index is 13.6. The van der Waals surface area contributed by atoms with Gasteiger partial charge in [-0.1, -0.05) is 30.3 Å². The van der Waals surface area contributed by atoms with Crippen molar-refractivity contribution in [2.45, 2.75) is 38.8 Å². The molecule has 1 aromatic heterocycles. The molecule has 2 aromatic carbocycles. The first-order valence-corrected chi connectivity index (χ1v) is 13.4. The van der Waals surface area contributed by atoms with Gasteiger partial charge in [0.2, 0.25) is 5.91 Å². The van der Waals surface area contributed by atoms with E-state index in [1.165, 1.54) is 27.4 Å².